The van der Waals surface area contributed by atoms with Gasteiger partial charge in [-0.15, -0.1) is 0 Å². The smallest absolute Gasteiger partial charge is 0.292 e. The highest BCUT2D eigenvalue weighted by Gasteiger charge is 2.27. The Balaban J connectivity index is 1.20. The number of nitrogens with zero attached hydrogens (tertiary/aromatic N) is 4. The van der Waals surface area contributed by atoms with Gasteiger partial charge in [-0.2, -0.15) is 0 Å². The highest BCUT2D eigenvalue weighted by molar-refractivity contribution is 5.95. The van der Waals surface area contributed by atoms with Gasteiger partial charge in [0.05, 0.1) is 12.8 Å². The summed E-state index contributed by atoms with van der Waals surface area (Å²) in [5.74, 6) is 0.804. The van der Waals surface area contributed by atoms with Gasteiger partial charge < -0.3 is 24.0 Å². The van der Waals surface area contributed by atoms with E-state index in [9.17, 15) is 9.59 Å². The van der Waals surface area contributed by atoms with Crippen molar-refractivity contribution in [2.75, 3.05) is 52.4 Å². The molecule has 2 aromatic rings. The SMILES string of the molecule is O=C(c1ccc(OCCCN2CCCCC2)cc1)N1CCN(C(=O)c2ccno2)CC1. The van der Waals surface area contributed by atoms with Crippen LogP contribution < -0.4 is 4.74 Å². The molecule has 0 saturated carbocycles. The van der Waals surface area contributed by atoms with E-state index in [1.54, 1.807) is 15.9 Å². The number of hydrogen-bond acceptors (Lipinski definition) is 6. The van der Waals surface area contributed by atoms with Crippen molar-refractivity contribution < 1.29 is 18.8 Å². The Labute approximate surface area is 182 Å². The number of hydrogen-bond donors (Lipinski definition) is 0. The fourth-order valence-corrected chi connectivity index (χ4v) is 4.13. The van der Waals surface area contributed by atoms with E-state index in [2.05, 4.69) is 10.1 Å². The highest BCUT2D eigenvalue weighted by atomic mass is 16.5. The molecule has 8 heteroatoms. The van der Waals surface area contributed by atoms with Gasteiger partial charge in [-0.1, -0.05) is 11.6 Å². The summed E-state index contributed by atoms with van der Waals surface area (Å²) in [6.07, 6.45) is 6.44. The lowest BCUT2D eigenvalue weighted by atomic mass is 10.1. The zero-order valence-corrected chi connectivity index (χ0v) is 17.9. The zero-order chi connectivity index (χ0) is 21.5. The normalized spacial score (nSPS) is 17.5. The second-order valence-corrected chi connectivity index (χ2v) is 8.09. The van der Waals surface area contributed by atoms with Crippen LogP contribution in [0.1, 0.15) is 46.6 Å². The number of rotatable bonds is 7. The molecule has 0 atom stereocenters. The maximum Gasteiger partial charge on any atom is 0.292 e. The minimum Gasteiger partial charge on any atom is -0.494 e. The number of amides is 2. The molecule has 166 valence electrons. The molecule has 2 amide bonds. The quantitative estimate of drug-likeness (QED) is 0.633. The first-order valence-electron chi connectivity index (χ1n) is 11.2. The average Bonchev–Trinajstić information content (AvgIpc) is 3.37. The van der Waals surface area contributed by atoms with Crippen LogP contribution in [0.15, 0.2) is 41.1 Å². The van der Waals surface area contributed by atoms with Gasteiger partial charge in [-0.3, -0.25) is 9.59 Å². The minimum absolute atomic E-state index is 0.0246. The summed E-state index contributed by atoms with van der Waals surface area (Å²) in [4.78, 5) is 31.1. The third-order valence-corrected chi connectivity index (χ3v) is 5.94. The molecule has 31 heavy (non-hydrogen) atoms. The Kier molecular flexibility index (Phi) is 7.19. The molecule has 2 aliphatic heterocycles. The average molecular weight is 427 g/mol. The first-order chi connectivity index (χ1) is 15.2. The van der Waals surface area contributed by atoms with E-state index in [-0.39, 0.29) is 17.6 Å². The van der Waals surface area contributed by atoms with Crippen LogP contribution in [0.3, 0.4) is 0 Å². The van der Waals surface area contributed by atoms with E-state index in [1.807, 2.05) is 24.3 Å². The monoisotopic (exact) mass is 426 g/mol. The van der Waals surface area contributed by atoms with Crippen LogP contribution in [-0.4, -0.2) is 84.1 Å². The Bertz CT molecular complexity index is 839. The fraction of sp³-hybridized carbons (Fsp3) is 0.522. The maximum absolute atomic E-state index is 12.8. The van der Waals surface area contributed by atoms with Gasteiger partial charge in [-0.25, -0.2) is 0 Å². The van der Waals surface area contributed by atoms with Crippen LogP contribution in [0.2, 0.25) is 0 Å². The number of aromatic nitrogens is 1. The minimum atomic E-state index is -0.189. The van der Waals surface area contributed by atoms with Crippen molar-refractivity contribution in [2.45, 2.75) is 25.7 Å². The lowest BCUT2D eigenvalue weighted by Crippen LogP contribution is -2.50. The van der Waals surface area contributed by atoms with Crippen LogP contribution in [0.25, 0.3) is 0 Å². The maximum atomic E-state index is 12.8. The molecule has 3 heterocycles. The number of carbonyl (C=O) groups is 2. The highest BCUT2D eigenvalue weighted by Crippen LogP contribution is 2.16. The van der Waals surface area contributed by atoms with Crippen LogP contribution in [0, 0.1) is 0 Å². The summed E-state index contributed by atoms with van der Waals surface area (Å²) >= 11 is 0. The van der Waals surface area contributed by atoms with E-state index >= 15 is 0 Å². The summed E-state index contributed by atoms with van der Waals surface area (Å²) in [6, 6.07) is 8.90. The van der Waals surface area contributed by atoms with Crippen molar-refractivity contribution in [1.29, 1.82) is 0 Å². The number of likely N-dealkylation sites (tertiary alicyclic amines) is 1. The largest absolute Gasteiger partial charge is 0.494 e. The van der Waals surface area contributed by atoms with Crippen LogP contribution in [-0.2, 0) is 0 Å². The van der Waals surface area contributed by atoms with Crippen molar-refractivity contribution in [3.63, 3.8) is 0 Å². The molecule has 1 aromatic heterocycles. The lowest BCUT2D eigenvalue weighted by molar-refractivity contribution is 0.0512. The molecule has 0 N–H and O–H groups in total. The zero-order valence-electron chi connectivity index (χ0n) is 17.9. The second-order valence-electron chi connectivity index (χ2n) is 8.09. The summed E-state index contributed by atoms with van der Waals surface area (Å²) in [5, 5.41) is 3.57. The third-order valence-electron chi connectivity index (χ3n) is 5.94. The van der Waals surface area contributed by atoms with Crippen molar-refractivity contribution in [2.24, 2.45) is 0 Å². The van der Waals surface area contributed by atoms with Gasteiger partial charge in [0.25, 0.3) is 11.8 Å². The fourth-order valence-electron chi connectivity index (χ4n) is 4.13. The first-order valence-corrected chi connectivity index (χ1v) is 11.2. The molecule has 2 fully saturated rings. The molecule has 1 aromatic carbocycles. The second kappa shape index (κ2) is 10.4. The van der Waals surface area contributed by atoms with Crippen molar-refractivity contribution >= 4 is 11.8 Å². The molecule has 0 spiro atoms. The van der Waals surface area contributed by atoms with Crippen LogP contribution in [0.4, 0.5) is 0 Å². The van der Waals surface area contributed by atoms with Gasteiger partial charge >= 0.3 is 0 Å². The summed E-state index contributed by atoms with van der Waals surface area (Å²) in [7, 11) is 0. The van der Waals surface area contributed by atoms with E-state index < -0.39 is 0 Å². The Hall–Kier alpha value is -2.87. The predicted molar refractivity (Wildman–Crippen MR) is 115 cm³/mol. The van der Waals surface area contributed by atoms with Crippen LogP contribution in [0.5, 0.6) is 5.75 Å². The van der Waals surface area contributed by atoms with E-state index in [0.717, 1.165) is 18.7 Å². The summed E-state index contributed by atoms with van der Waals surface area (Å²) in [6.45, 7) is 6.12. The third kappa shape index (κ3) is 5.64. The molecule has 0 aliphatic carbocycles. The summed E-state index contributed by atoms with van der Waals surface area (Å²) in [5.41, 5.74) is 0.635. The van der Waals surface area contributed by atoms with E-state index in [1.165, 1.54) is 38.5 Å². The van der Waals surface area contributed by atoms with Crippen molar-refractivity contribution in [3.05, 3.63) is 47.9 Å². The number of ether oxygens (including phenoxy) is 1. The van der Waals surface area contributed by atoms with Gasteiger partial charge in [0.15, 0.2) is 0 Å². The van der Waals surface area contributed by atoms with Crippen LogP contribution >= 0.6 is 0 Å². The number of piperidine rings is 1. The Morgan fingerprint density at radius 3 is 2.19 bits per heavy atom. The van der Waals surface area contributed by atoms with Gasteiger partial charge in [-0.05, 0) is 56.6 Å². The lowest BCUT2D eigenvalue weighted by Gasteiger charge is -2.34. The number of piperazine rings is 1. The topological polar surface area (TPSA) is 79.1 Å². The van der Waals surface area contributed by atoms with Gasteiger partial charge in [0.2, 0.25) is 5.76 Å². The first kappa shape index (κ1) is 21.4. The molecule has 0 bridgehead atoms. The molecule has 8 nitrogen and oxygen atoms in total. The summed E-state index contributed by atoms with van der Waals surface area (Å²) < 4.78 is 10.8. The van der Waals surface area contributed by atoms with Crippen molar-refractivity contribution in [3.8, 4) is 5.75 Å². The molecular weight excluding hydrogens is 396 g/mol. The number of carbonyl (C=O) groups excluding carboxylic acids is 2. The van der Waals surface area contributed by atoms with E-state index in [4.69, 9.17) is 9.26 Å². The van der Waals surface area contributed by atoms with Gasteiger partial charge in [0, 0.05) is 44.4 Å². The molecular formula is C23H30N4O4. The molecule has 4 rings (SSSR count). The Morgan fingerprint density at radius 1 is 0.871 bits per heavy atom. The predicted octanol–water partition coefficient (Wildman–Crippen LogP) is 2.53. The molecule has 2 saturated heterocycles. The molecule has 0 unspecified atom stereocenters. The van der Waals surface area contributed by atoms with E-state index in [0.29, 0.717) is 38.3 Å². The Morgan fingerprint density at radius 2 is 1.55 bits per heavy atom. The van der Waals surface area contributed by atoms with Gasteiger partial charge in [0.1, 0.15) is 5.75 Å². The standard InChI is InChI=1S/C23H30N4O4/c28-22(26-14-16-27(17-15-26)23(29)21-9-10-24-31-21)19-5-7-20(8-6-19)30-18-4-13-25-11-2-1-3-12-25/h5-10H,1-4,11-18H2. The molecule has 2 aliphatic rings. The number of benzene rings is 1. The van der Waals surface area contributed by atoms with Crippen molar-refractivity contribution in [1.82, 2.24) is 19.9 Å². The molecule has 0 radical (unpaired) electrons.